The van der Waals surface area contributed by atoms with Gasteiger partial charge in [-0.05, 0) is 51.8 Å². The number of methoxy groups -OCH3 is 1. The molecule has 6 nitrogen and oxygen atoms in total. The minimum absolute atomic E-state index is 0. The third-order valence-electron chi connectivity index (χ3n) is 4.34. The van der Waals surface area contributed by atoms with E-state index in [0.717, 1.165) is 25.1 Å². The predicted octanol–water partition coefficient (Wildman–Crippen LogP) is 4.09. The number of aliphatic imine (C=N–C) groups is 1. The fourth-order valence-electron chi connectivity index (χ4n) is 3.01. The van der Waals surface area contributed by atoms with Crippen molar-refractivity contribution in [3.8, 4) is 11.5 Å². The maximum atomic E-state index is 12.5. The Balaban J connectivity index is 0.00000784. The van der Waals surface area contributed by atoms with Gasteiger partial charge in [-0.3, -0.25) is 9.89 Å². The van der Waals surface area contributed by atoms with E-state index in [1.54, 1.807) is 19.2 Å². The molecule has 1 aromatic rings. The summed E-state index contributed by atoms with van der Waals surface area (Å²) in [6.07, 6.45) is 0.992. The average molecular weight is 528 g/mol. The lowest BCUT2D eigenvalue weighted by Gasteiger charge is -2.30. The fourth-order valence-corrected chi connectivity index (χ4v) is 3.01. The zero-order chi connectivity index (χ0) is 21.1. The number of nitrogens with one attached hydrogen (secondary N) is 2. The van der Waals surface area contributed by atoms with Crippen LogP contribution >= 0.6 is 24.0 Å². The molecule has 0 radical (unpaired) electrons. The molecule has 0 spiro atoms. The third kappa shape index (κ3) is 10.3. The summed E-state index contributed by atoms with van der Waals surface area (Å²) < 4.78 is 34.6. The second-order valence-corrected chi connectivity index (χ2v) is 7.00. The largest absolute Gasteiger partial charge is 0.493 e. The lowest BCUT2D eigenvalue weighted by molar-refractivity contribution is -0.0512. The molecule has 9 heteroatoms. The molecule has 0 unspecified atom stereocenters. The number of halogens is 3. The first-order valence-electron chi connectivity index (χ1n) is 9.60. The number of hydrogen-bond acceptors (Lipinski definition) is 4. The van der Waals surface area contributed by atoms with E-state index >= 15 is 0 Å². The van der Waals surface area contributed by atoms with Gasteiger partial charge in [0.15, 0.2) is 17.5 Å². The zero-order valence-corrected chi connectivity index (χ0v) is 20.5. The van der Waals surface area contributed by atoms with E-state index in [0.29, 0.717) is 24.6 Å². The number of guanidine groups is 1. The molecule has 168 valence electrons. The molecule has 0 saturated carbocycles. The Labute approximate surface area is 190 Å². The van der Waals surface area contributed by atoms with Crippen molar-refractivity contribution in [2.24, 2.45) is 4.99 Å². The minimum atomic E-state index is -2.90. The summed E-state index contributed by atoms with van der Waals surface area (Å²) in [6.45, 7) is 8.13. The van der Waals surface area contributed by atoms with E-state index in [9.17, 15) is 8.78 Å². The highest BCUT2D eigenvalue weighted by Crippen LogP contribution is 2.29. The van der Waals surface area contributed by atoms with E-state index < -0.39 is 6.61 Å². The predicted molar refractivity (Wildman–Crippen MR) is 125 cm³/mol. The molecule has 2 N–H and O–H groups in total. The van der Waals surface area contributed by atoms with Crippen molar-refractivity contribution < 1.29 is 18.3 Å². The number of nitrogens with zero attached hydrogens (tertiary/aromatic N) is 2. The first-order chi connectivity index (χ1) is 13.3. The lowest BCUT2D eigenvalue weighted by Crippen LogP contribution is -2.41. The Bertz CT molecular complexity index is 608. The van der Waals surface area contributed by atoms with Crippen LogP contribution in [0.25, 0.3) is 0 Å². The maximum Gasteiger partial charge on any atom is 0.387 e. The monoisotopic (exact) mass is 528 g/mol. The van der Waals surface area contributed by atoms with Gasteiger partial charge in [-0.25, -0.2) is 0 Å². The molecule has 1 aromatic carbocycles. The Morgan fingerprint density at radius 3 is 2.28 bits per heavy atom. The van der Waals surface area contributed by atoms with Crippen LogP contribution in [0.3, 0.4) is 0 Å². The van der Waals surface area contributed by atoms with Gasteiger partial charge in [-0.15, -0.1) is 24.0 Å². The quantitative estimate of drug-likeness (QED) is 0.196. The van der Waals surface area contributed by atoms with Gasteiger partial charge in [0.25, 0.3) is 0 Å². The van der Waals surface area contributed by atoms with E-state index in [1.165, 1.54) is 13.2 Å². The third-order valence-corrected chi connectivity index (χ3v) is 4.34. The van der Waals surface area contributed by atoms with Crippen molar-refractivity contribution in [2.75, 3.05) is 27.2 Å². The molecule has 0 aromatic heterocycles. The number of hydrogen-bond donors (Lipinski definition) is 2. The molecule has 1 rings (SSSR count). The average Bonchev–Trinajstić information content (AvgIpc) is 2.63. The van der Waals surface area contributed by atoms with Crippen LogP contribution in [0.15, 0.2) is 23.2 Å². The van der Waals surface area contributed by atoms with E-state index in [-0.39, 0.29) is 35.5 Å². The summed E-state index contributed by atoms with van der Waals surface area (Å²) in [5.74, 6) is 0.946. The molecule has 29 heavy (non-hydrogen) atoms. The Kier molecular flexibility index (Phi) is 13.9. The van der Waals surface area contributed by atoms with Crippen LogP contribution in [0.1, 0.15) is 39.7 Å². The minimum Gasteiger partial charge on any atom is -0.493 e. The highest BCUT2D eigenvalue weighted by Gasteiger charge is 2.13. The molecule has 0 aliphatic heterocycles. The van der Waals surface area contributed by atoms with E-state index in [2.05, 4.69) is 53.0 Å². The molecule has 0 aliphatic carbocycles. The van der Waals surface area contributed by atoms with Gasteiger partial charge >= 0.3 is 6.61 Å². The molecular weight excluding hydrogens is 493 g/mol. The van der Waals surface area contributed by atoms with Gasteiger partial charge in [-0.1, -0.05) is 6.07 Å². The standard InChI is InChI=1S/C20H34F2N4O2.HI/c1-14(2)26(15(3)4)11-7-10-24-20(23-5)25-13-16-8-9-17(27-6)18(12-16)28-19(21)22;/h8-9,12,14-15,19H,7,10-11,13H2,1-6H3,(H2,23,24,25);1H. The van der Waals surface area contributed by atoms with Crippen LogP contribution in [0.2, 0.25) is 0 Å². The number of ether oxygens (including phenoxy) is 2. The molecule has 0 atom stereocenters. The van der Waals surface area contributed by atoms with Gasteiger partial charge in [0.05, 0.1) is 7.11 Å². The van der Waals surface area contributed by atoms with Crippen molar-refractivity contribution in [1.29, 1.82) is 0 Å². The molecule has 0 amide bonds. The SMILES string of the molecule is CN=C(NCCCN(C(C)C)C(C)C)NCc1ccc(OC)c(OC(F)F)c1.I. The van der Waals surface area contributed by atoms with E-state index in [1.807, 2.05) is 0 Å². The zero-order valence-electron chi connectivity index (χ0n) is 18.2. The van der Waals surface area contributed by atoms with Crippen molar-refractivity contribution in [2.45, 2.75) is 59.4 Å². The summed E-state index contributed by atoms with van der Waals surface area (Å²) in [6, 6.07) is 5.96. The Morgan fingerprint density at radius 2 is 1.76 bits per heavy atom. The van der Waals surface area contributed by atoms with Crippen LogP contribution in [0.5, 0.6) is 11.5 Å². The maximum absolute atomic E-state index is 12.5. The second kappa shape index (κ2) is 14.6. The van der Waals surface area contributed by atoms with Crippen LogP contribution in [-0.2, 0) is 6.54 Å². The van der Waals surface area contributed by atoms with Crippen molar-refractivity contribution in [3.05, 3.63) is 23.8 Å². The highest BCUT2D eigenvalue weighted by molar-refractivity contribution is 14.0. The van der Waals surface area contributed by atoms with Crippen molar-refractivity contribution in [1.82, 2.24) is 15.5 Å². The van der Waals surface area contributed by atoms with Crippen LogP contribution < -0.4 is 20.1 Å². The topological polar surface area (TPSA) is 58.1 Å². The molecule has 0 bridgehead atoms. The Morgan fingerprint density at radius 1 is 1.10 bits per heavy atom. The summed E-state index contributed by atoms with van der Waals surface area (Å²) in [5, 5.41) is 6.46. The molecule has 0 fully saturated rings. The van der Waals surface area contributed by atoms with E-state index in [4.69, 9.17) is 4.74 Å². The Hall–Kier alpha value is -1.36. The lowest BCUT2D eigenvalue weighted by atomic mass is 10.2. The van der Waals surface area contributed by atoms with Crippen LogP contribution in [-0.4, -0.2) is 56.8 Å². The van der Waals surface area contributed by atoms with Crippen molar-refractivity contribution in [3.63, 3.8) is 0 Å². The normalized spacial score (nSPS) is 11.8. The highest BCUT2D eigenvalue weighted by atomic mass is 127. The number of benzene rings is 1. The molecule has 0 aliphatic rings. The first-order valence-corrected chi connectivity index (χ1v) is 9.60. The first kappa shape index (κ1) is 27.6. The van der Waals surface area contributed by atoms with Gasteiger partial charge < -0.3 is 20.1 Å². The second-order valence-electron chi connectivity index (χ2n) is 7.00. The molecular formula is C20H35F2IN4O2. The van der Waals surface area contributed by atoms with Crippen LogP contribution in [0.4, 0.5) is 8.78 Å². The van der Waals surface area contributed by atoms with Gasteiger partial charge in [-0.2, -0.15) is 8.78 Å². The summed E-state index contributed by atoms with van der Waals surface area (Å²) in [4.78, 5) is 6.64. The summed E-state index contributed by atoms with van der Waals surface area (Å²) in [7, 11) is 3.11. The van der Waals surface area contributed by atoms with Crippen molar-refractivity contribution >= 4 is 29.9 Å². The molecule has 0 saturated heterocycles. The van der Waals surface area contributed by atoms with Gasteiger partial charge in [0.2, 0.25) is 0 Å². The molecule has 0 heterocycles. The van der Waals surface area contributed by atoms with Crippen LogP contribution in [0, 0.1) is 0 Å². The summed E-state index contributed by atoms with van der Waals surface area (Å²) >= 11 is 0. The summed E-state index contributed by atoms with van der Waals surface area (Å²) in [5.41, 5.74) is 0.783. The number of rotatable bonds is 11. The number of alkyl halides is 2. The smallest absolute Gasteiger partial charge is 0.387 e. The fraction of sp³-hybridized carbons (Fsp3) is 0.650. The van der Waals surface area contributed by atoms with Gasteiger partial charge in [0, 0.05) is 38.8 Å². The van der Waals surface area contributed by atoms with Gasteiger partial charge in [0.1, 0.15) is 0 Å².